The van der Waals surface area contributed by atoms with Crippen molar-refractivity contribution in [2.45, 2.75) is 33.2 Å². The summed E-state index contributed by atoms with van der Waals surface area (Å²) in [5.41, 5.74) is 1.16. The van der Waals surface area contributed by atoms with Crippen molar-refractivity contribution in [3.8, 4) is 0 Å². The first-order valence-corrected chi connectivity index (χ1v) is 9.33. The van der Waals surface area contributed by atoms with Gasteiger partial charge in [0.1, 0.15) is 5.01 Å². The van der Waals surface area contributed by atoms with Crippen molar-refractivity contribution in [1.29, 1.82) is 0 Å². The third kappa shape index (κ3) is 6.45. The lowest BCUT2D eigenvalue weighted by Gasteiger charge is -2.26. The fraction of sp³-hybridized carbons (Fsp3) is 0.750. The van der Waals surface area contributed by atoms with Crippen molar-refractivity contribution in [3.05, 3.63) is 16.1 Å². The predicted octanol–water partition coefficient (Wildman–Crippen LogP) is 1.65. The Labute approximate surface area is 143 Å². The summed E-state index contributed by atoms with van der Waals surface area (Å²) < 4.78 is 5.37. The predicted molar refractivity (Wildman–Crippen MR) is 96.3 cm³/mol. The zero-order valence-corrected chi connectivity index (χ0v) is 15.3. The molecule has 1 aromatic rings. The maximum absolute atomic E-state index is 5.37. The number of morpholine rings is 1. The Morgan fingerprint density at radius 1 is 1.39 bits per heavy atom. The van der Waals surface area contributed by atoms with Crippen LogP contribution in [0.4, 0.5) is 0 Å². The van der Waals surface area contributed by atoms with Crippen LogP contribution in [0.2, 0.25) is 0 Å². The Balaban J connectivity index is 1.78. The molecule has 0 bridgehead atoms. The molecule has 1 aliphatic heterocycles. The molecule has 0 amide bonds. The van der Waals surface area contributed by atoms with E-state index >= 15 is 0 Å². The van der Waals surface area contributed by atoms with Crippen LogP contribution in [0, 0.1) is 0 Å². The van der Waals surface area contributed by atoms with Crippen LogP contribution in [0.5, 0.6) is 0 Å². The van der Waals surface area contributed by atoms with E-state index in [2.05, 4.69) is 51.7 Å². The molecule has 0 radical (unpaired) electrons. The molecule has 2 rings (SSSR count). The molecule has 0 aromatic carbocycles. The molecule has 7 heteroatoms. The highest BCUT2D eigenvalue weighted by Gasteiger charge is 2.10. The number of guanidine groups is 1. The van der Waals surface area contributed by atoms with Gasteiger partial charge in [-0.05, 0) is 12.8 Å². The molecule has 130 valence electrons. The highest BCUT2D eigenvalue weighted by molar-refractivity contribution is 7.09. The van der Waals surface area contributed by atoms with Crippen LogP contribution >= 0.6 is 11.3 Å². The van der Waals surface area contributed by atoms with Gasteiger partial charge in [0.05, 0.1) is 25.5 Å². The standard InChI is InChI=1S/C16H29N5OS/c1-4-17-16(18-5-6-21-7-9-22-10-8-21)19-11-15-20-14(12-23-15)13(2)3/h12-13H,4-11H2,1-3H3,(H2,17,18,19). The number of aromatic nitrogens is 1. The highest BCUT2D eigenvalue weighted by atomic mass is 32.1. The Morgan fingerprint density at radius 3 is 2.83 bits per heavy atom. The van der Waals surface area contributed by atoms with Gasteiger partial charge in [0.15, 0.2) is 5.96 Å². The molecular formula is C16H29N5OS. The van der Waals surface area contributed by atoms with Gasteiger partial charge in [0, 0.05) is 38.1 Å². The minimum absolute atomic E-state index is 0.476. The van der Waals surface area contributed by atoms with E-state index in [1.54, 1.807) is 11.3 Å². The zero-order chi connectivity index (χ0) is 16.5. The summed E-state index contributed by atoms with van der Waals surface area (Å²) in [6.45, 7) is 13.5. The van der Waals surface area contributed by atoms with E-state index in [-0.39, 0.29) is 0 Å². The highest BCUT2D eigenvalue weighted by Crippen LogP contribution is 2.18. The zero-order valence-electron chi connectivity index (χ0n) is 14.5. The monoisotopic (exact) mass is 339 g/mol. The number of ether oxygens (including phenoxy) is 1. The van der Waals surface area contributed by atoms with Crippen LogP contribution in [0.3, 0.4) is 0 Å². The van der Waals surface area contributed by atoms with E-state index in [0.29, 0.717) is 12.5 Å². The fourth-order valence-electron chi connectivity index (χ4n) is 2.31. The summed E-state index contributed by atoms with van der Waals surface area (Å²) in [6.07, 6.45) is 0. The Morgan fingerprint density at radius 2 is 2.17 bits per heavy atom. The van der Waals surface area contributed by atoms with Crippen LogP contribution in [-0.2, 0) is 11.3 Å². The molecule has 0 unspecified atom stereocenters. The van der Waals surface area contributed by atoms with Crippen molar-refractivity contribution in [2.75, 3.05) is 45.9 Å². The maximum Gasteiger partial charge on any atom is 0.191 e. The average Bonchev–Trinajstić information content (AvgIpc) is 3.03. The SMILES string of the molecule is CCNC(=NCc1nc(C(C)C)cs1)NCCN1CCOCC1. The van der Waals surface area contributed by atoms with Crippen molar-refractivity contribution >= 4 is 17.3 Å². The molecule has 2 heterocycles. The number of hydrogen-bond donors (Lipinski definition) is 2. The van der Waals surface area contributed by atoms with Crippen molar-refractivity contribution in [3.63, 3.8) is 0 Å². The quantitative estimate of drug-likeness (QED) is 0.584. The summed E-state index contributed by atoms with van der Waals surface area (Å²) >= 11 is 1.69. The van der Waals surface area contributed by atoms with Crippen LogP contribution in [0.25, 0.3) is 0 Å². The second kappa shape index (κ2) is 9.85. The third-order valence-corrected chi connectivity index (χ3v) is 4.55. The number of thiazole rings is 1. The summed E-state index contributed by atoms with van der Waals surface area (Å²) in [5.74, 6) is 1.34. The molecule has 1 fully saturated rings. The van der Waals surface area contributed by atoms with E-state index in [1.807, 2.05) is 0 Å². The van der Waals surface area contributed by atoms with Crippen molar-refractivity contribution in [2.24, 2.45) is 4.99 Å². The van der Waals surface area contributed by atoms with Gasteiger partial charge in [-0.1, -0.05) is 13.8 Å². The van der Waals surface area contributed by atoms with E-state index in [4.69, 9.17) is 4.74 Å². The fourth-order valence-corrected chi connectivity index (χ4v) is 3.19. The lowest BCUT2D eigenvalue weighted by molar-refractivity contribution is 0.0389. The van der Waals surface area contributed by atoms with Crippen LogP contribution in [-0.4, -0.2) is 61.8 Å². The molecule has 1 aromatic heterocycles. The molecule has 23 heavy (non-hydrogen) atoms. The van der Waals surface area contributed by atoms with E-state index in [1.165, 1.54) is 0 Å². The van der Waals surface area contributed by atoms with E-state index in [9.17, 15) is 0 Å². The van der Waals surface area contributed by atoms with Gasteiger partial charge >= 0.3 is 0 Å². The molecule has 2 N–H and O–H groups in total. The normalized spacial score (nSPS) is 16.8. The van der Waals surface area contributed by atoms with Crippen LogP contribution in [0.1, 0.15) is 37.4 Å². The Hall–Kier alpha value is -1.18. The Bertz CT molecular complexity index is 483. The second-order valence-electron chi connectivity index (χ2n) is 5.90. The van der Waals surface area contributed by atoms with Gasteiger partial charge in [-0.25, -0.2) is 9.98 Å². The maximum atomic E-state index is 5.37. The molecular weight excluding hydrogens is 310 g/mol. The summed E-state index contributed by atoms with van der Waals surface area (Å²) in [6, 6.07) is 0. The molecule has 0 saturated carbocycles. The number of hydrogen-bond acceptors (Lipinski definition) is 5. The molecule has 6 nitrogen and oxygen atoms in total. The minimum atomic E-state index is 0.476. The van der Waals surface area contributed by atoms with Crippen molar-refractivity contribution < 1.29 is 4.74 Å². The second-order valence-corrected chi connectivity index (χ2v) is 6.84. The van der Waals surface area contributed by atoms with Gasteiger partial charge in [0.2, 0.25) is 0 Å². The topological polar surface area (TPSA) is 61.8 Å². The van der Waals surface area contributed by atoms with Gasteiger partial charge in [-0.3, -0.25) is 4.90 Å². The van der Waals surface area contributed by atoms with Crippen LogP contribution in [0.15, 0.2) is 10.4 Å². The molecule has 0 aliphatic carbocycles. The molecule has 1 saturated heterocycles. The summed E-state index contributed by atoms with van der Waals surface area (Å²) in [7, 11) is 0. The Kier molecular flexibility index (Phi) is 7.78. The number of nitrogens with zero attached hydrogens (tertiary/aromatic N) is 3. The minimum Gasteiger partial charge on any atom is -0.379 e. The number of aliphatic imine (C=N–C) groups is 1. The largest absolute Gasteiger partial charge is 0.379 e. The van der Waals surface area contributed by atoms with Gasteiger partial charge in [-0.15, -0.1) is 11.3 Å². The number of rotatable bonds is 7. The smallest absolute Gasteiger partial charge is 0.191 e. The number of nitrogens with one attached hydrogen (secondary N) is 2. The first-order valence-electron chi connectivity index (χ1n) is 8.45. The first kappa shape index (κ1) is 18.2. The molecule has 0 spiro atoms. The van der Waals surface area contributed by atoms with E-state index in [0.717, 1.165) is 62.6 Å². The third-order valence-electron chi connectivity index (χ3n) is 3.70. The lowest BCUT2D eigenvalue weighted by Crippen LogP contribution is -2.44. The van der Waals surface area contributed by atoms with E-state index < -0.39 is 0 Å². The lowest BCUT2D eigenvalue weighted by atomic mass is 10.2. The van der Waals surface area contributed by atoms with Gasteiger partial charge in [-0.2, -0.15) is 0 Å². The summed E-state index contributed by atoms with van der Waals surface area (Å²) in [5, 5.41) is 9.90. The molecule has 0 atom stereocenters. The first-order chi connectivity index (χ1) is 11.2. The molecule has 1 aliphatic rings. The van der Waals surface area contributed by atoms with Crippen molar-refractivity contribution in [1.82, 2.24) is 20.5 Å². The van der Waals surface area contributed by atoms with Gasteiger partial charge in [0.25, 0.3) is 0 Å². The average molecular weight is 340 g/mol. The summed E-state index contributed by atoms with van der Waals surface area (Å²) in [4.78, 5) is 11.7. The van der Waals surface area contributed by atoms with Gasteiger partial charge < -0.3 is 15.4 Å². The van der Waals surface area contributed by atoms with Crippen LogP contribution < -0.4 is 10.6 Å².